The Hall–Kier alpha value is -2.38. The molecule has 0 aliphatic carbocycles. The van der Waals surface area contributed by atoms with Crippen LogP contribution in [0.1, 0.15) is 6.92 Å². The van der Waals surface area contributed by atoms with Crippen molar-refractivity contribution >= 4 is 17.6 Å². The molecule has 0 atom stereocenters. The second kappa shape index (κ2) is 7.93. The van der Waals surface area contributed by atoms with E-state index in [1.165, 1.54) is 18.2 Å². The molecule has 0 saturated heterocycles. The van der Waals surface area contributed by atoms with Crippen LogP contribution in [0.4, 0.5) is 19.3 Å². The van der Waals surface area contributed by atoms with Gasteiger partial charge in [-0.3, -0.25) is 10.1 Å². The van der Waals surface area contributed by atoms with Crippen LogP contribution in [0.5, 0.6) is 5.75 Å². The van der Waals surface area contributed by atoms with Gasteiger partial charge in [0, 0.05) is 6.54 Å². The smallest absolute Gasteiger partial charge is 0.387 e. The molecule has 0 radical (unpaired) electrons. The third kappa shape index (κ3) is 5.51. The van der Waals surface area contributed by atoms with Gasteiger partial charge in [0.1, 0.15) is 5.75 Å². The molecule has 6 nitrogen and oxygen atoms in total. The van der Waals surface area contributed by atoms with Crippen molar-refractivity contribution in [2.24, 2.45) is 0 Å². The molecule has 1 aromatic rings. The average molecular weight is 287 g/mol. The minimum Gasteiger partial charge on any atom is -0.433 e. The summed E-state index contributed by atoms with van der Waals surface area (Å²) in [6, 6.07) is 5.34. The average Bonchev–Trinajstić information content (AvgIpc) is 2.37. The summed E-state index contributed by atoms with van der Waals surface area (Å²) in [5.41, 5.74) is 0.235. The zero-order valence-electron chi connectivity index (χ0n) is 10.8. The minimum absolute atomic E-state index is 0.0756. The van der Waals surface area contributed by atoms with Gasteiger partial charge >= 0.3 is 12.6 Å². The van der Waals surface area contributed by atoms with E-state index in [1.807, 2.05) is 0 Å². The lowest BCUT2D eigenvalue weighted by Crippen LogP contribution is -2.41. The van der Waals surface area contributed by atoms with Gasteiger partial charge in [-0.2, -0.15) is 8.78 Å². The normalized spacial score (nSPS) is 10.0. The number of benzene rings is 1. The first-order valence-corrected chi connectivity index (χ1v) is 5.88. The predicted molar refractivity (Wildman–Crippen MR) is 68.8 cm³/mol. The van der Waals surface area contributed by atoms with Gasteiger partial charge in [-0.25, -0.2) is 4.79 Å². The molecule has 8 heteroatoms. The lowest BCUT2D eigenvalue weighted by atomic mass is 10.3. The third-order valence-electron chi connectivity index (χ3n) is 2.13. The topological polar surface area (TPSA) is 79.5 Å². The number of amides is 3. The summed E-state index contributed by atoms with van der Waals surface area (Å²) in [6.07, 6.45) is 0. The molecule has 0 unspecified atom stereocenters. The van der Waals surface area contributed by atoms with E-state index in [1.54, 1.807) is 13.0 Å². The SMILES string of the molecule is CCNC(=O)NC(=O)CNc1ccccc1OC(F)F. The van der Waals surface area contributed by atoms with Crippen molar-refractivity contribution in [1.29, 1.82) is 0 Å². The van der Waals surface area contributed by atoms with Gasteiger partial charge in [-0.05, 0) is 19.1 Å². The van der Waals surface area contributed by atoms with Crippen molar-refractivity contribution in [3.8, 4) is 5.75 Å². The molecule has 0 fully saturated rings. The first-order valence-electron chi connectivity index (χ1n) is 5.88. The molecule has 1 aromatic carbocycles. The molecule has 3 amide bonds. The fourth-order valence-electron chi connectivity index (χ4n) is 1.36. The molecule has 3 N–H and O–H groups in total. The van der Waals surface area contributed by atoms with Crippen LogP contribution in [-0.4, -0.2) is 31.6 Å². The lowest BCUT2D eigenvalue weighted by molar-refractivity contribution is -0.118. The Morgan fingerprint density at radius 1 is 1.30 bits per heavy atom. The number of carbonyl (C=O) groups excluding carboxylic acids is 2. The number of imide groups is 1. The van der Waals surface area contributed by atoms with Crippen molar-refractivity contribution in [1.82, 2.24) is 10.6 Å². The van der Waals surface area contributed by atoms with Gasteiger partial charge in [-0.1, -0.05) is 12.1 Å². The monoisotopic (exact) mass is 287 g/mol. The lowest BCUT2D eigenvalue weighted by Gasteiger charge is -2.12. The van der Waals surface area contributed by atoms with Crippen LogP contribution in [0.2, 0.25) is 0 Å². The zero-order chi connectivity index (χ0) is 15.0. The van der Waals surface area contributed by atoms with E-state index in [2.05, 4.69) is 20.7 Å². The van der Waals surface area contributed by atoms with Gasteiger partial charge in [0.25, 0.3) is 0 Å². The van der Waals surface area contributed by atoms with Gasteiger partial charge in [0.2, 0.25) is 5.91 Å². The first kappa shape index (κ1) is 15.7. The summed E-state index contributed by atoms with van der Waals surface area (Å²) in [5.74, 6) is -0.670. The number of rotatable bonds is 6. The van der Waals surface area contributed by atoms with E-state index in [0.29, 0.717) is 6.54 Å². The van der Waals surface area contributed by atoms with E-state index < -0.39 is 18.5 Å². The Balaban J connectivity index is 2.52. The number of hydrogen-bond donors (Lipinski definition) is 3. The highest BCUT2D eigenvalue weighted by Crippen LogP contribution is 2.24. The molecule has 0 aromatic heterocycles. The van der Waals surface area contributed by atoms with Gasteiger partial charge in [0.15, 0.2) is 0 Å². The summed E-state index contributed by atoms with van der Waals surface area (Å²) >= 11 is 0. The number of halogens is 2. The number of urea groups is 1. The maximum Gasteiger partial charge on any atom is 0.387 e. The summed E-state index contributed by atoms with van der Waals surface area (Å²) in [6.45, 7) is -1.11. The Morgan fingerprint density at radius 3 is 2.65 bits per heavy atom. The Bertz CT molecular complexity index is 469. The summed E-state index contributed by atoms with van der Waals surface area (Å²) < 4.78 is 28.6. The number of hydrogen-bond acceptors (Lipinski definition) is 4. The number of nitrogens with one attached hydrogen (secondary N) is 3. The van der Waals surface area contributed by atoms with Crippen molar-refractivity contribution in [2.45, 2.75) is 13.5 Å². The molecule has 1 rings (SSSR count). The highest BCUT2D eigenvalue weighted by Gasteiger charge is 2.11. The quantitative estimate of drug-likeness (QED) is 0.741. The van der Waals surface area contributed by atoms with Crippen LogP contribution in [-0.2, 0) is 4.79 Å². The number of ether oxygens (including phenoxy) is 1. The molecule has 0 heterocycles. The second-order valence-corrected chi connectivity index (χ2v) is 3.64. The molecule has 0 aliphatic heterocycles. The number of carbonyl (C=O) groups is 2. The Morgan fingerprint density at radius 2 is 2.00 bits per heavy atom. The number of para-hydroxylation sites is 2. The number of anilines is 1. The van der Waals surface area contributed by atoms with Gasteiger partial charge in [0.05, 0.1) is 12.2 Å². The van der Waals surface area contributed by atoms with Crippen LogP contribution in [0, 0.1) is 0 Å². The standard InChI is InChI=1S/C12H15F2N3O3/c1-2-15-12(19)17-10(18)7-16-8-5-3-4-6-9(8)20-11(13)14/h3-6,11,16H,2,7H2,1H3,(H2,15,17,18,19). The van der Waals surface area contributed by atoms with Crippen LogP contribution < -0.4 is 20.7 Å². The van der Waals surface area contributed by atoms with Gasteiger partial charge in [-0.15, -0.1) is 0 Å². The largest absolute Gasteiger partial charge is 0.433 e. The molecule has 0 bridgehead atoms. The highest BCUT2D eigenvalue weighted by molar-refractivity contribution is 5.96. The van der Waals surface area contributed by atoms with Crippen LogP contribution >= 0.6 is 0 Å². The van der Waals surface area contributed by atoms with E-state index in [4.69, 9.17) is 0 Å². The van der Waals surface area contributed by atoms with Crippen LogP contribution in [0.25, 0.3) is 0 Å². The van der Waals surface area contributed by atoms with Crippen molar-refractivity contribution < 1.29 is 23.1 Å². The predicted octanol–water partition coefficient (Wildman–Crippen LogP) is 1.55. The summed E-state index contributed by atoms with van der Waals surface area (Å²) in [5, 5.41) is 7.08. The summed E-state index contributed by atoms with van der Waals surface area (Å²) in [7, 11) is 0. The fraction of sp³-hybridized carbons (Fsp3) is 0.333. The van der Waals surface area contributed by atoms with Crippen molar-refractivity contribution in [2.75, 3.05) is 18.4 Å². The second-order valence-electron chi connectivity index (χ2n) is 3.64. The molecule has 0 aliphatic rings. The fourth-order valence-corrected chi connectivity index (χ4v) is 1.36. The molecular formula is C12H15F2N3O3. The molecular weight excluding hydrogens is 272 g/mol. The summed E-state index contributed by atoms with van der Waals surface area (Å²) in [4.78, 5) is 22.5. The Labute approximate surface area is 114 Å². The molecule has 0 spiro atoms. The van der Waals surface area contributed by atoms with Crippen molar-refractivity contribution in [3.63, 3.8) is 0 Å². The molecule has 0 saturated carbocycles. The maximum atomic E-state index is 12.2. The number of alkyl halides is 2. The zero-order valence-corrected chi connectivity index (χ0v) is 10.8. The van der Waals surface area contributed by atoms with E-state index in [-0.39, 0.29) is 18.0 Å². The molecule has 110 valence electrons. The van der Waals surface area contributed by atoms with E-state index >= 15 is 0 Å². The van der Waals surface area contributed by atoms with Crippen molar-refractivity contribution in [3.05, 3.63) is 24.3 Å². The third-order valence-corrected chi connectivity index (χ3v) is 2.13. The van der Waals surface area contributed by atoms with E-state index in [0.717, 1.165) is 0 Å². The van der Waals surface area contributed by atoms with Crippen LogP contribution in [0.15, 0.2) is 24.3 Å². The van der Waals surface area contributed by atoms with E-state index in [9.17, 15) is 18.4 Å². The van der Waals surface area contributed by atoms with Crippen LogP contribution in [0.3, 0.4) is 0 Å². The van der Waals surface area contributed by atoms with Gasteiger partial charge < -0.3 is 15.4 Å². The minimum atomic E-state index is -2.96. The maximum absolute atomic E-state index is 12.2. The highest BCUT2D eigenvalue weighted by atomic mass is 19.3. The first-order chi connectivity index (χ1) is 9.52. The Kier molecular flexibility index (Phi) is 6.21. The molecule has 20 heavy (non-hydrogen) atoms.